The Balaban J connectivity index is 1.54. The number of nitrogens with one attached hydrogen (secondary N) is 1. The van der Waals surface area contributed by atoms with Crippen LogP contribution >= 0.6 is 0 Å². The number of quaternary nitrogens is 1. The van der Waals surface area contributed by atoms with Gasteiger partial charge in [0, 0.05) is 13.1 Å². The summed E-state index contributed by atoms with van der Waals surface area (Å²) in [7, 11) is -3.45. The van der Waals surface area contributed by atoms with Crippen molar-refractivity contribution in [1.82, 2.24) is 9.21 Å². The van der Waals surface area contributed by atoms with Crippen molar-refractivity contribution in [2.24, 2.45) is 0 Å². The van der Waals surface area contributed by atoms with Crippen molar-refractivity contribution in [3.05, 3.63) is 66.2 Å². The molecular weight excluding hydrogens is 374 g/mol. The summed E-state index contributed by atoms with van der Waals surface area (Å²) in [5.74, 6) is 0.112. The number of hydrogen-bond donors (Lipinski definition) is 1. The number of sulfonamides is 1. The molecule has 1 aliphatic rings. The molecule has 0 atom stereocenters. The topological polar surface area (TPSA) is 62.1 Å². The first-order valence-electron chi connectivity index (χ1n) is 9.71. The summed E-state index contributed by atoms with van der Waals surface area (Å²) in [6.07, 6.45) is 0. The second-order valence-corrected chi connectivity index (χ2v) is 8.98. The van der Waals surface area contributed by atoms with Crippen molar-refractivity contribution >= 4 is 15.9 Å². The molecule has 3 rings (SSSR count). The van der Waals surface area contributed by atoms with E-state index >= 15 is 0 Å². The maximum Gasteiger partial charge on any atom is 0.278 e. The van der Waals surface area contributed by atoms with Gasteiger partial charge in [0.05, 0.1) is 31.1 Å². The van der Waals surface area contributed by atoms with Crippen LogP contribution in [0.3, 0.4) is 0 Å². The number of rotatable bonds is 7. The lowest BCUT2D eigenvalue weighted by Crippen LogP contribution is -3.15. The average Bonchev–Trinajstić information content (AvgIpc) is 2.73. The molecule has 1 fully saturated rings. The fourth-order valence-electron chi connectivity index (χ4n) is 3.47. The molecule has 28 heavy (non-hydrogen) atoms. The van der Waals surface area contributed by atoms with E-state index in [1.807, 2.05) is 48.2 Å². The van der Waals surface area contributed by atoms with E-state index in [1.54, 1.807) is 24.3 Å². The molecule has 1 N–H and O–H groups in total. The third kappa shape index (κ3) is 4.98. The molecule has 2 aromatic carbocycles. The van der Waals surface area contributed by atoms with Gasteiger partial charge in [-0.15, -0.1) is 0 Å². The van der Waals surface area contributed by atoms with Crippen molar-refractivity contribution in [2.75, 3.05) is 39.3 Å². The Morgan fingerprint density at radius 2 is 1.57 bits per heavy atom. The SMILES string of the molecule is CCN(Cc1ccccc1)C(=O)C[NH+]1CCN(S(=O)(=O)c2ccccc2)CC1. The average molecular weight is 403 g/mol. The van der Waals surface area contributed by atoms with Crippen LogP contribution in [0, 0.1) is 0 Å². The van der Waals surface area contributed by atoms with Crippen molar-refractivity contribution in [3.8, 4) is 0 Å². The Kier molecular flexibility index (Phi) is 6.83. The molecule has 6 nitrogen and oxygen atoms in total. The third-order valence-electron chi connectivity index (χ3n) is 5.16. The largest absolute Gasteiger partial charge is 0.334 e. The molecule has 1 saturated heterocycles. The molecule has 1 heterocycles. The van der Waals surface area contributed by atoms with Crippen LogP contribution < -0.4 is 4.90 Å². The molecule has 0 aliphatic carbocycles. The zero-order chi connectivity index (χ0) is 20.0. The molecule has 0 bridgehead atoms. The van der Waals surface area contributed by atoms with Crippen LogP contribution in [0.4, 0.5) is 0 Å². The van der Waals surface area contributed by atoms with Crippen LogP contribution in [0.5, 0.6) is 0 Å². The minimum Gasteiger partial charge on any atom is -0.334 e. The van der Waals surface area contributed by atoms with Gasteiger partial charge in [-0.25, -0.2) is 8.42 Å². The Hall–Kier alpha value is -2.22. The second-order valence-electron chi connectivity index (χ2n) is 7.04. The van der Waals surface area contributed by atoms with Crippen LogP contribution in [0.15, 0.2) is 65.6 Å². The lowest BCUT2D eigenvalue weighted by atomic mass is 10.2. The summed E-state index contributed by atoms with van der Waals surface area (Å²) in [4.78, 5) is 16.0. The number of carbonyl (C=O) groups excluding carboxylic acids is 1. The van der Waals surface area contributed by atoms with Crippen molar-refractivity contribution in [3.63, 3.8) is 0 Å². The number of carbonyl (C=O) groups is 1. The summed E-state index contributed by atoms with van der Waals surface area (Å²) in [6.45, 7) is 5.81. The summed E-state index contributed by atoms with van der Waals surface area (Å²) in [5, 5.41) is 0. The van der Waals surface area contributed by atoms with E-state index in [2.05, 4.69) is 0 Å². The minimum absolute atomic E-state index is 0.112. The summed E-state index contributed by atoms with van der Waals surface area (Å²) in [6, 6.07) is 18.5. The zero-order valence-corrected chi connectivity index (χ0v) is 17.1. The highest BCUT2D eigenvalue weighted by Gasteiger charge is 2.31. The highest BCUT2D eigenvalue weighted by atomic mass is 32.2. The Morgan fingerprint density at radius 3 is 2.14 bits per heavy atom. The van der Waals surface area contributed by atoms with Gasteiger partial charge in [0.15, 0.2) is 6.54 Å². The third-order valence-corrected chi connectivity index (χ3v) is 7.08. The first-order chi connectivity index (χ1) is 13.5. The van der Waals surface area contributed by atoms with E-state index in [4.69, 9.17) is 0 Å². The van der Waals surface area contributed by atoms with Crippen LogP contribution in [-0.4, -0.2) is 62.8 Å². The quantitative estimate of drug-likeness (QED) is 0.739. The maximum absolute atomic E-state index is 12.7. The molecule has 2 aromatic rings. The molecule has 0 radical (unpaired) electrons. The number of piperazine rings is 1. The molecule has 0 unspecified atom stereocenters. The van der Waals surface area contributed by atoms with E-state index in [0.717, 1.165) is 10.5 Å². The van der Waals surface area contributed by atoms with Gasteiger partial charge in [0.1, 0.15) is 0 Å². The molecule has 0 spiro atoms. The summed E-state index contributed by atoms with van der Waals surface area (Å²) >= 11 is 0. The van der Waals surface area contributed by atoms with Crippen molar-refractivity contribution in [2.45, 2.75) is 18.4 Å². The van der Waals surface area contributed by atoms with E-state index in [0.29, 0.717) is 50.7 Å². The highest BCUT2D eigenvalue weighted by Crippen LogP contribution is 2.14. The molecular formula is C21H28N3O3S+. The van der Waals surface area contributed by atoms with Crippen LogP contribution in [0.25, 0.3) is 0 Å². The van der Waals surface area contributed by atoms with E-state index in [9.17, 15) is 13.2 Å². The van der Waals surface area contributed by atoms with E-state index < -0.39 is 10.0 Å². The number of amides is 1. The number of likely N-dealkylation sites (N-methyl/N-ethyl adjacent to an activating group) is 1. The van der Waals surface area contributed by atoms with Gasteiger partial charge in [-0.2, -0.15) is 4.31 Å². The van der Waals surface area contributed by atoms with E-state index in [1.165, 1.54) is 4.31 Å². The number of nitrogens with zero attached hydrogens (tertiary/aromatic N) is 2. The summed E-state index contributed by atoms with van der Waals surface area (Å²) < 4.78 is 27.0. The Morgan fingerprint density at radius 1 is 1.00 bits per heavy atom. The standard InChI is InChI=1S/C21H27N3O3S/c1-2-23(17-19-9-5-3-6-10-19)21(25)18-22-13-15-24(16-14-22)28(26,27)20-11-7-4-8-12-20/h3-12H,2,13-18H2,1H3/p+1. The smallest absolute Gasteiger partial charge is 0.278 e. The van der Waals surface area contributed by atoms with Gasteiger partial charge in [0.25, 0.3) is 5.91 Å². The van der Waals surface area contributed by atoms with Crippen molar-refractivity contribution < 1.29 is 18.1 Å². The van der Waals surface area contributed by atoms with Gasteiger partial charge in [0.2, 0.25) is 10.0 Å². The fraction of sp³-hybridized carbons (Fsp3) is 0.381. The number of benzene rings is 2. The van der Waals surface area contributed by atoms with Gasteiger partial charge >= 0.3 is 0 Å². The summed E-state index contributed by atoms with van der Waals surface area (Å²) in [5.41, 5.74) is 1.12. The number of hydrogen-bond acceptors (Lipinski definition) is 3. The molecule has 7 heteroatoms. The first kappa shape index (κ1) is 20.5. The van der Waals surface area contributed by atoms with Gasteiger partial charge in [-0.1, -0.05) is 48.5 Å². The Bertz CT molecular complexity index is 864. The van der Waals surface area contributed by atoms with Gasteiger partial charge in [-0.3, -0.25) is 4.79 Å². The molecule has 0 aromatic heterocycles. The highest BCUT2D eigenvalue weighted by molar-refractivity contribution is 7.89. The van der Waals surface area contributed by atoms with Crippen LogP contribution in [-0.2, 0) is 21.4 Å². The normalized spacial score (nSPS) is 16.0. The van der Waals surface area contributed by atoms with E-state index in [-0.39, 0.29) is 5.91 Å². The van der Waals surface area contributed by atoms with Crippen LogP contribution in [0.2, 0.25) is 0 Å². The van der Waals surface area contributed by atoms with Gasteiger partial charge < -0.3 is 9.80 Å². The molecule has 1 aliphatic heterocycles. The van der Waals surface area contributed by atoms with Crippen molar-refractivity contribution in [1.29, 1.82) is 0 Å². The lowest BCUT2D eigenvalue weighted by Gasteiger charge is -2.32. The van der Waals surface area contributed by atoms with Gasteiger partial charge in [-0.05, 0) is 24.6 Å². The maximum atomic E-state index is 12.7. The fourth-order valence-corrected chi connectivity index (χ4v) is 4.93. The molecule has 0 saturated carbocycles. The monoisotopic (exact) mass is 402 g/mol. The zero-order valence-electron chi connectivity index (χ0n) is 16.3. The first-order valence-corrected chi connectivity index (χ1v) is 11.1. The minimum atomic E-state index is -3.45. The Labute approximate surface area is 167 Å². The predicted octanol–water partition coefficient (Wildman–Crippen LogP) is 0.625. The van der Waals surface area contributed by atoms with Crippen LogP contribution in [0.1, 0.15) is 12.5 Å². The predicted molar refractivity (Wildman–Crippen MR) is 108 cm³/mol. The molecule has 1 amide bonds. The second kappa shape index (κ2) is 9.32. The molecule has 150 valence electrons. The lowest BCUT2D eigenvalue weighted by molar-refractivity contribution is -0.896.